The molecular formula is C21H23N3O7. The average molecular weight is 429 g/mol. The van der Waals surface area contributed by atoms with E-state index in [0.29, 0.717) is 12.1 Å². The molecule has 0 amide bonds. The lowest BCUT2D eigenvalue weighted by Gasteiger charge is -2.21. The van der Waals surface area contributed by atoms with E-state index in [1.807, 2.05) is 36.2 Å². The molecule has 0 aliphatic heterocycles. The number of ether oxygens (including phenoxy) is 2. The van der Waals surface area contributed by atoms with Gasteiger partial charge in [-0.1, -0.05) is 18.2 Å². The molecule has 1 heterocycles. The van der Waals surface area contributed by atoms with Crippen molar-refractivity contribution in [3.05, 3.63) is 53.9 Å². The van der Waals surface area contributed by atoms with Crippen LogP contribution in [0.2, 0.25) is 0 Å². The predicted molar refractivity (Wildman–Crippen MR) is 110 cm³/mol. The SMILES string of the molecule is CN(Cc1nc2ccccc2[nH]1)CC(O)c1ccc(OCC(=O)O)c(OCC(=O)O)c1. The van der Waals surface area contributed by atoms with Crippen molar-refractivity contribution in [3.8, 4) is 11.5 Å². The van der Waals surface area contributed by atoms with Crippen LogP contribution in [0.3, 0.4) is 0 Å². The Bertz CT molecular complexity index is 1030. The maximum Gasteiger partial charge on any atom is 0.341 e. The third kappa shape index (κ3) is 6.17. The van der Waals surface area contributed by atoms with Crippen molar-refractivity contribution in [3.63, 3.8) is 0 Å². The number of aromatic amines is 1. The van der Waals surface area contributed by atoms with Crippen molar-refractivity contribution in [2.24, 2.45) is 0 Å². The zero-order chi connectivity index (χ0) is 22.4. The summed E-state index contributed by atoms with van der Waals surface area (Å²) in [6.45, 7) is -0.487. The number of carboxylic acids is 2. The molecule has 0 bridgehead atoms. The minimum Gasteiger partial charge on any atom is -0.479 e. The van der Waals surface area contributed by atoms with Crippen molar-refractivity contribution in [1.82, 2.24) is 14.9 Å². The number of fused-ring (bicyclic) bond motifs is 1. The minimum absolute atomic E-state index is 0.0418. The van der Waals surface area contributed by atoms with E-state index in [1.165, 1.54) is 12.1 Å². The quantitative estimate of drug-likeness (QED) is 0.357. The number of aliphatic hydroxyl groups excluding tert-OH is 1. The summed E-state index contributed by atoms with van der Waals surface area (Å²) in [6.07, 6.45) is -0.907. The van der Waals surface area contributed by atoms with Gasteiger partial charge in [0.1, 0.15) is 5.82 Å². The van der Waals surface area contributed by atoms with Gasteiger partial charge in [0.25, 0.3) is 0 Å². The lowest BCUT2D eigenvalue weighted by atomic mass is 10.1. The van der Waals surface area contributed by atoms with Gasteiger partial charge < -0.3 is 29.8 Å². The van der Waals surface area contributed by atoms with Gasteiger partial charge in [0.2, 0.25) is 0 Å². The number of aromatic nitrogens is 2. The number of aliphatic hydroxyl groups is 1. The number of carbonyl (C=O) groups is 2. The number of nitrogens with zero attached hydrogens (tertiary/aromatic N) is 2. The van der Waals surface area contributed by atoms with E-state index in [9.17, 15) is 14.7 Å². The molecule has 164 valence electrons. The number of benzene rings is 2. The number of H-pyrrole nitrogens is 1. The van der Waals surface area contributed by atoms with Gasteiger partial charge in [-0.15, -0.1) is 0 Å². The first kappa shape index (κ1) is 22.1. The molecule has 0 saturated heterocycles. The molecule has 3 aromatic rings. The van der Waals surface area contributed by atoms with Crippen molar-refractivity contribution < 1.29 is 34.4 Å². The first-order valence-electron chi connectivity index (χ1n) is 9.45. The van der Waals surface area contributed by atoms with Gasteiger partial charge in [0, 0.05) is 6.54 Å². The lowest BCUT2D eigenvalue weighted by molar-refractivity contribution is -0.140. The number of aliphatic carboxylic acids is 2. The van der Waals surface area contributed by atoms with Crippen LogP contribution in [-0.4, -0.2) is 68.9 Å². The number of rotatable bonds is 11. The Morgan fingerprint density at radius 2 is 1.74 bits per heavy atom. The minimum atomic E-state index is -1.19. The Morgan fingerprint density at radius 3 is 2.42 bits per heavy atom. The average Bonchev–Trinajstić information content (AvgIpc) is 3.12. The fourth-order valence-corrected chi connectivity index (χ4v) is 3.04. The summed E-state index contributed by atoms with van der Waals surface area (Å²) in [5.41, 5.74) is 2.27. The summed E-state index contributed by atoms with van der Waals surface area (Å²) < 4.78 is 10.3. The third-order valence-corrected chi connectivity index (χ3v) is 4.40. The van der Waals surface area contributed by atoms with E-state index in [-0.39, 0.29) is 18.0 Å². The highest BCUT2D eigenvalue weighted by Gasteiger charge is 2.17. The fourth-order valence-electron chi connectivity index (χ4n) is 3.04. The van der Waals surface area contributed by atoms with Crippen LogP contribution >= 0.6 is 0 Å². The molecule has 1 unspecified atom stereocenters. The summed E-state index contributed by atoms with van der Waals surface area (Å²) in [7, 11) is 1.84. The number of imidazole rings is 1. The summed E-state index contributed by atoms with van der Waals surface area (Å²) >= 11 is 0. The van der Waals surface area contributed by atoms with E-state index in [4.69, 9.17) is 19.7 Å². The molecular weight excluding hydrogens is 406 g/mol. The van der Waals surface area contributed by atoms with E-state index in [1.54, 1.807) is 6.07 Å². The van der Waals surface area contributed by atoms with Gasteiger partial charge in [-0.3, -0.25) is 4.90 Å². The van der Waals surface area contributed by atoms with E-state index < -0.39 is 31.3 Å². The van der Waals surface area contributed by atoms with Crippen molar-refractivity contribution >= 4 is 23.0 Å². The Morgan fingerprint density at radius 1 is 1.06 bits per heavy atom. The maximum absolute atomic E-state index is 10.8. The smallest absolute Gasteiger partial charge is 0.341 e. The monoisotopic (exact) mass is 429 g/mol. The number of likely N-dealkylation sites (N-methyl/N-ethyl adjacent to an activating group) is 1. The van der Waals surface area contributed by atoms with Crippen LogP contribution < -0.4 is 9.47 Å². The zero-order valence-corrected chi connectivity index (χ0v) is 16.8. The summed E-state index contributed by atoms with van der Waals surface area (Å²) in [6, 6.07) is 12.1. The molecule has 10 heteroatoms. The molecule has 4 N–H and O–H groups in total. The molecule has 0 saturated carbocycles. The summed E-state index contributed by atoms with van der Waals surface area (Å²) in [5.74, 6) is -1.49. The van der Waals surface area contributed by atoms with Gasteiger partial charge in [-0.25, -0.2) is 14.6 Å². The van der Waals surface area contributed by atoms with Crippen LogP contribution in [0.4, 0.5) is 0 Å². The number of hydrogen-bond acceptors (Lipinski definition) is 7. The molecule has 0 spiro atoms. The molecule has 0 radical (unpaired) electrons. The largest absolute Gasteiger partial charge is 0.479 e. The molecule has 1 aromatic heterocycles. The Balaban J connectivity index is 1.68. The van der Waals surface area contributed by atoms with E-state index in [2.05, 4.69) is 9.97 Å². The number of para-hydroxylation sites is 2. The second-order valence-electron chi connectivity index (χ2n) is 6.98. The number of carboxylic acid groups (broad SMARTS) is 2. The van der Waals surface area contributed by atoms with Gasteiger partial charge in [-0.05, 0) is 36.9 Å². The van der Waals surface area contributed by atoms with Crippen LogP contribution in [0.15, 0.2) is 42.5 Å². The summed E-state index contributed by atoms with van der Waals surface area (Å²) in [5, 5.41) is 28.3. The standard InChI is InChI=1S/C21H23N3O7/c1-24(10-19-22-14-4-2-3-5-15(14)23-19)9-16(25)13-6-7-17(30-11-20(26)27)18(8-13)31-12-21(28)29/h2-8,16,25H,9-12H2,1H3,(H,22,23)(H,26,27)(H,28,29). The van der Waals surface area contributed by atoms with Crippen LogP contribution in [-0.2, 0) is 16.1 Å². The van der Waals surface area contributed by atoms with Crippen LogP contribution in [0.1, 0.15) is 17.5 Å². The number of nitrogens with one attached hydrogen (secondary N) is 1. The topological polar surface area (TPSA) is 145 Å². The second kappa shape index (κ2) is 9.92. The van der Waals surface area contributed by atoms with Gasteiger partial charge in [0.15, 0.2) is 24.7 Å². The molecule has 0 aliphatic carbocycles. The summed E-state index contributed by atoms with van der Waals surface area (Å²) in [4.78, 5) is 31.2. The maximum atomic E-state index is 10.8. The first-order chi connectivity index (χ1) is 14.8. The van der Waals surface area contributed by atoms with Crippen molar-refractivity contribution in [2.45, 2.75) is 12.6 Å². The first-order valence-corrected chi connectivity index (χ1v) is 9.45. The highest BCUT2D eigenvalue weighted by atomic mass is 16.5. The van der Waals surface area contributed by atoms with Crippen LogP contribution in [0.25, 0.3) is 11.0 Å². The lowest BCUT2D eigenvalue weighted by Crippen LogP contribution is -2.25. The van der Waals surface area contributed by atoms with Crippen molar-refractivity contribution in [1.29, 1.82) is 0 Å². The van der Waals surface area contributed by atoms with Crippen LogP contribution in [0.5, 0.6) is 11.5 Å². The molecule has 0 fully saturated rings. The Kier molecular flexibility index (Phi) is 7.06. The Labute approximate surface area is 177 Å². The highest BCUT2D eigenvalue weighted by Crippen LogP contribution is 2.31. The van der Waals surface area contributed by atoms with E-state index in [0.717, 1.165) is 16.9 Å². The molecule has 31 heavy (non-hydrogen) atoms. The second-order valence-corrected chi connectivity index (χ2v) is 6.98. The van der Waals surface area contributed by atoms with Crippen LogP contribution in [0, 0.1) is 0 Å². The van der Waals surface area contributed by atoms with Gasteiger partial charge in [-0.2, -0.15) is 0 Å². The van der Waals surface area contributed by atoms with E-state index >= 15 is 0 Å². The normalized spacial score (nSPS) is 12.1. The Hall–Kier alpha value is -3.63. The fraction of sp³-hybridized carbons (Fsp3) is 0.286. The molecule has 3 rings (SSSR count). The molecule has 1 atom stereocenters. The van der Waals surface area contributed by atoms with Gasteiger partial charge in [0.05, 0.1) is 23.7 Å². The predicted octanol–water partition coefficient (Wildman–Crippen LogP) is 1.66. The van der Waals surface area contributed by atoms with Crippen molar-refractivity contribution in [2.75, 3.05) is 26.8 Å². The van der Waals surface area contributed by atoms with Gasteiger partial charge >= 0.3 is 11.9 Å². The third-order valence-electron chi connectivity index (χ3n) is 4.40. The molecule has 10 nitrogen and oxygen atoms in total. The molecule has 0 aliphatic rings. The molecule has 2 aromatic carbocycles. The highest BCUT2D eigenvalue weighted by molar-refractivity contribution is 5.74. The zero-order valence-electron chi connectivity index (χ0n) is 16.8. The number of hydrogen-bond donors (Lipinski definition) is 4.